The molecule has 0 aliphatic carbocycles. The number of nitrogens with two attached hydrogens (primary N) is 1. The van der Waals surface area contributed by atoms with Crippen LogP contribution in [0, 0.1) is 0 Å². The highest BCUT2D eigenvalue weighted by atomic mass is 31.2. The van der Waals surface area contributed by atoms with E-state index in [0.717, 1.165) is 64.2 Å². The van der Waals surface area contributed by atoms with Gasteiger partial charge in [0.1, 0.15) is 6.61 Å². The van der Waals surface area contributed by atoms with Crippen LogP contribution in [-0.2, 0) is 32.7 Å². The molecule has 0 heterocycles. The van der Waals surface area contributed by atoms with Crippen LogP contribution < -0.4 is 5.73 Å². The first-order valence-corrected chi connectivity index (χ1v) is 44.9. The van der Waals surface area contributed by atoms with Gasteiger partial charge in [-0.2, -0.15) is 0 Å². The van der Waals surface area contributed by atoms with Crippen molar-refractivity contribution < 1.29 is 37.6 Å². The van der Waals surface area contributed by atoms with Gasteiger partial charge >= 0.3 is 19.8 Å². The summed E-state index contributed by atoms with van der Waals surface area (Å²) in [7, 11) is -4.40. The van der Waals surface area contributed by atoms with Crippen LogP contribution in [0.4, 0.5) is 0 Å². The number of ether oxygens (including phenoxy) is 2. The Morgan fingerprint density at radius 3 is 0.828 bits per heavy atom. The molecule has 99 heavy (non-hydrogen) atoms. The van der Waals surface area contributed by atoms with Crippen LogP contribution in [0.2, 0.25) is 0 Å². The number of hydrogen-bond donors (Lipinski definition) is 2. The molecule has 0 bridgehead atoms. The average molecular weight is 1410 g/mol. The molecule has 0 spiro atoms. The van der Waals surface area contributed by atoms with Gasteiger partial charge in [0.15, 0.2) is 6.10 Å². The number of phosphoric ester groups is 1. The highest BCUT2D eigenvalue weighted by Crippen LogP contribution is 2.43. The first-order valence-electron chi connectivity index (χ1n) is 43.4. The summed E-state index contributed by atoms with van der Waals surface area (Å²) in [4.78, 5) is 35.5. The lowest BCUT2D eigenvalue weighted by atomic mass is 10.0. The topological polar surface area (TPSA) is 134 Å². The van der Waals surface area contributed by atoms with E-state index in [-0.39, 0.29) is 38.6 Å². The molecule has 580 valence electrons. The quantitative estimate of drug-likeness (QED) is 0.0264. The molecule has 3 N–H and O–H groups in total. The summed E-state index contributed by atoms with van der Waals surface area (Å²) in [5.41, 5.74) is 5.42. The molecular weight excluding hydrogens is 1240 g/mol. The fraction of sp³-hybridized carbons (Fsp3) is 0.843. The summed E-state index contributed by atoms with van der Waals surface area (Å²) in [6.45, 7) is 3.70. The Balaban J connectivity index is 3.71. The molecule has 2 unspecified atom stereocenters. The molecule has 0 aliphatic heterocycles. The van der Waals surface area contributed by atoms with Crippen LogP contribution in [0.5, 0.6) is 0 Å². The van der Waals surface area contributed by atoms with E-state index in [1.54, 1.807) is 0 Å². The van der Waals surface area contributed by atoms with E-state index in [0.29, 0.717) is 6.42 Å². The lowest BCUT2D eigenvalue weighted by molar-refractivity contribution is -0.161. The SMILES string of the molecule is CC/C=C\C/C=C\C/C=C\C/C=C\CCCCCCCCCCCCCCCCCCCCCCCCCCC(=O)OC(COC(=O)CCCCCCCCCCCCCCCCCCCCCCCCCCCCCCC/C=C\C/C=C\CCCCCCC)COP(=O)(O)OCCN. The van der Waals surface area contributed by atoms with Crippen LogP contribution in [0.15, 0.2) is 72.9 Å². The van der Waals surface area contributed by atoms with E-state index < -0.39 is 26.5 Å². The molecule has 0 rings (SSSR count). The molecule has 0 saturated carbocycles. The van der Waals surface area contributed by atoms with Crippen molar-refractivity contribution in [2.45, 2.75) is 457 Å². The second-order valence-electron chi connectivity index (χ2n) is 29.4. The average Bonchev–Trinajstić information content (AvgIpc) is 1.64. The first-order chi connectivity index (χ1) is 48.8. The molecule has 0 amide bonds. The molecule has 0 radical (unpaired) electrons. The summed E-state index contributed by atoms with van der Waals surface area (Å²) in [5.74, 6) is -0.801. The Kier molecular flexibility index (Phi) is 82.2. The number of allylic oxidation sites excluding steroid dienone is 12. The van der Waals surface area contributed by atoms with E-state index in [1.165, 1.54) is 353 Å². The van der Waals surface area contributed by atoms with Gasteiger partial charge in [0.25, 0.3) is 0 Å². The maximum absolute atomic E-state index is 12.8. The van der Waals surface area contributed by atoms with Crippen LogP contribution in [-0.4, -0.2) is 49.3 Å². The number of phosphoric acid groups is 1. The van der Waals surface area contributed by atoms with Gasteiger partial charge in [-0.05, 0) is 83.5 Å². The Morgan fingerprint density at radius 1 is 0.313 bits per heavy atom. The second kappa shape index (κ2) is 84.4. The minimum atomic E-state index is -4.40. The lowest BCUT2D eigenvalue weighted by Crippen LogP contribution is -2.29. The normalized spacial score (nSPS) is 13.1. The monoisotopic (exact) mass is 1410 g/mol. The minimum Gasteiger partial charge on any atom is -0.462 e. The number of unbranched alkanes of at least 4 members (excludes halogenated alkanes) is 58. The summed E-state index contributed by atoms with van der Waals surface area (Å²) >= 11 is 0. The predicted octanol–water partition coefficient (Wildman–Crippen LogP) is 29.4. The largest absolute Gasteiger partial charge is 0.472 e. The summed E-state index contributed by atoms with van der Waals surface area (Å²) in [6.07, 6.45) is 114. The van der Waals surface area contributed by atoms with Crippen LogP contribution in [0.25, 0.3) is 0 Å². The number of hydrogen-bond acceptors (Lipinski definition) is 8. The molecule has 0 fully saturated rings. The molecular formula is C89H166NO8P. The van der Waals surface area contributed by atoms with Crippen molar-refractivity contribution in [2.75, 3.05) is 26.4 Å². The number of esters is 2. The van der Waals surface area contributed by atoms with Crippen molar-refractivity contribution in [3.05, 3.63) is 72.9 Å². The summed E-state index contributed by atoms with van der Waals surface area (Å²) in [5, 5.41) is 0. The summed E-state index contributed by atoms with van der Waals surface area (Å²) < 4.78 is 33.3. The van der Waals surface area contributed by atoms with Crippen molar-refractivity contribution in [3.8, 4) is 0 Å². The minimum absolute atomic E-state index is 0.0556. The van der Waals surface area contributed by atoms with E-state index in [9.17, 15) is 19.0 Å². The molecule has 10 heteroatoms. The molecule has 9 nitrogen and oxygen atoms in total. The zero-order valence-corrected chi connectivity index (χ0v) is 66.6. The van der Waals surface area contributed by atoms with Crippen LogP contribution in [0.3, 0.4) is 0 Å². The third-order valence-corrected chi connectivity index (χ3v) is 20.6. The molecule has 0 aromatic heterocycles. The smallest absolute Gasteiger partial charge is 0.462 e. The van der Waals surface area contributed by atoms with Crippen molar-refractivity contribution in [1.82, 2.24) is 0 Å². The number of carbonyl (C=O) groups excluding carboxylic acids is 2. The van der Waals surface area contributed by atoms with Gasteiger partial charge < -0.3 is 20.1 Å². The highest BCUT2D eigenvalue weighted by Gasteiger charge is 2.26. The third-order valence-electron chi connectivity index (χ3n) is 19.6. The predicted molar refractivity (Wildman–Crippen MR) is 432 cm³/mol. The van der Waals surface area contributed by atoms with Gasteiger partial charge in [-0.3, -0.25) is 18.6 Å². The van der Waals surface area contributed by atoms with E-state index in [4.69, 9.17) is 24.3 Å². The lowest BCUT2D eigenvalue weighted by Gasteiger charge is -2.19. The fourth-order valence-corrected chi connectivity index (χ4v) is 14.0. The van der Waals surface area contributed by atoms with Crippen molar-refractivity contribution >= 4 is 19.8 Å². The number of carbonyl (C=O) groups is 2. The number of rotatable bonds is 83. The maximum atomic E-state index is 12.8. The van der Waals surface area contributed by atoms with E-state index >= 15 is 0 Å². The van der Waals surface area contributed by atoms with Gasteiger partial charge in [-0.1, -0.05) is 427 Å². The van der Waals surface area contributed by atoms with Gasteiger partial charge in [0.05, 0.1) is 13.2 Å². The molecule has 0 aliphatic rings. The van der Waals surface area contributed by atoms with Crippen molar-refractivity contribution in [1.29, 1.82) is 0 Å². The van der Waals surface area contributed by atoms with Crippen LogP contribution in [0.1, 0.15) is 450 Å². The zero-order valence-electron chi connectivity index (χ0n) is 65.7. The Bertz CT molecular complexity index is 1860. The highest BCUT2D eigenvalue weighted by molar-refractivity contribution is 7.47. The van der Waals surface area contributed by atoms with Crippen molar-refractivity contribution in [2.24, 2.45) is 5.73 Å². The Labute approximate surface area is 615 Å². The molecule has 0 aromatic rings. The van der Waals surface area contributed by atoms with Gasteiger partial charge in [0, 0.05) is 19.4 Å². The van der Waals surface area contributed by atoms with Crippen LogP contribution >= 0.6 is 7.82 Å². The standard InChI is InChI=1S/C89H166NO8P/c1-3-5-7-9-11-13-15-17-19-21-23-25-27-29-31-33-35-37-39-41-42-43-44-46-47-49-51-53-55-57-59-61-63-65-67-69-71-73-75-77-79-81-88(91)95-85-87(86-97-99(93,94)96-84-83-90)98-89(92)82-80-78-76-74-72-70-68-66-64-62-60-58-56-54-52-50-48-45-40-38-36-34-32-30-28-26-24-22-20-18-16-14-12-10-8-6-4-2/h6,8,12,14-15,17-18,20-21,23-24,26,87H,3-5,7,9-11,13,16,19,22,25,27-86,90H2,1-2H3,(H,93,94)/b8-6-,14-12-,17-15-,20-18-,23-21-,26-24-. The van der Waals surface area contributed by atoms with Gasteiger partial charge in [-0.15, -0.1) is 0 Å². The molecule has 0 saturated heterocycles. The maximum Gasteiger partial charge on any atom is 0.472 e. The third kappa shape index (κ3) is 84.3. The van der Waals surface area contributed by atoms with E-state index in [2.05, 4.69) is 86.8 Å². The van der Waals surface area contributed by atoms with Crippen molar-refractivity contribution in [3.63, 3.8) is 0 Å². The fourth-order valence-electron chi connectivity index (χ4n) is 13.2. The second-order valence-corrected chi connectivity index (χ2v) is 30.8. The Hall–Kier alpha value is -2.55. The molecule has 0 aromatic carbocycles. The summed E-state index contributed by atoms with van der Waals surface area (Å²) in [6, 6.07) is 0. The van der Waals surface area contributed by atoms with Gasteiger partial charge in [-0.25, -0.2) is 4.57 Å². The molecule has 2 atom stereocenters. The zero-order chi connectivity index (χ0) is 71.5. The Morgan fingerprint density at radius 2 is 0.556 bits per heavy atom. The van der Waals surface area contributed by atoms with Gasteiger partial charge in [0.2, 0.25) is 0 Å². The first kappa shape index (κ1) is 96.4. The van der Waals surface area contributed by atoms with E-state index in [1.807, 2.05) is 0 Å².